The van der Waals surface area contributed by atoms with Crippen LogP contribution in [0, 0.1) is 0 Å². The molecule has 4 N–H and O–H groups in total. The van der Waals surface area contributed by atoms with Crippen molar-refractivity contribution in [3.8, 4) is 11.5 Å². The molecule has 0 aliphatic rings. The van der Waals surface area contributed by atoms with Gasteiger partial charge < -0.3 is 16.2 Å². The number of hydrogen-bond acceptors (Lipinski definition) is 3. The van der Waals surface area contributed by atoms with Gasteiger partial charge in [-0.1, -0.05) is 38.1 Å². The molecule has 0 aromatic heterocycles. The summed E-state index contributed by atoms with van der Waals surface area (Å²) in [4.78, 5) is 0. The van der Waals surface area contributed by atoms with Crippen LogP contribution in [0.2, 0.25) is 0 Å². The van der Waals surface area contributed by atoms with E-state index >= 15 is 0 Å². The van der Waals surface area contributed by atoms with Crippen LogP contribution in [-0.4, -0.2) is 0 Å². The average Bonchev–Trinajstić information content (AvgIpc) is 2.36. The van der Waals surface area contributed by atoms with E-state index in [0.29, 0.717) is 23.0 Å². The van der Waals surface area contributed by atoms with Crippen LogP contribution in [0.4, 0.5) is 11.4 Å². The Morgan fingerprint density at radius 1 is 0.944 bits per heavy atom. The van der Waals surface area contributed by atoms with Crippen LogP contribution in [0.3, 0.4) is 0 Å². The number of ether oxygens (including phenoxy) is 1. The summed E-state index contributed by atoms with van der Waals surface area (Å²) >= 11 is 0. The highest BCUT2D eigenvalue weighted by Gasteiger charge is 2.14. The number of nitrogens with two attached hydrogens (primary N) is 2. The molecule has 2 aromatic carbocycles. The van der Waals surface area contributed by atoms with Crippen molar-refractivity contribution in [3.05, 3.63) is 48.0 Å². The second-order valence-corrected chi connectivity index (χ2v) is 4.56. The number of para-hydroxylation sites is 1. The first-order valence-corrected chi connectivity index (χ1v) is 6.00. The van der Waals surface area contributed by atoms with Gasteiger partial charge in [-0.05, 0) is 29.7 Å². The lowest BCUT2D eigenvalue weighted by Gasteiger charge is -2.17. The van der Waals surface area contributed by atoms with Crippen LogP contribution in [-0.2, 0) is 0 Å². The minimum Gasteiger partial charge on any atom is -0.455 e. The molecular weight excluding hydrogens is 224 g/mol. The highest BCUT2D eigenvalue weighted by molar-refractivity contribution is 5.73. The second kappa shape index (κ2) is 5.00. The largest absolute Gasteiger partial charge is 0.455 e. The molecule has 0 fully saturated rings. The quantitative estimate of drug-likeness (QED) is 0.805. The third kappa shape index (κ3) is 2.40. The smallest absolute Gasteiger partial charge is 0.155 e. The van der Waals surface area contributed by atoms with Crippen molar-refractivity contribution in [2.75, 3.05) is 11.5 Å². The topological polar surface area (TPSA) is 61.3 Å². The van der Waals surface area contributed by atoms with Crippen LogP contribution in [0.15, 0.2) is 42.5 Å². The molecule has 3 heteroatoms. The van der Waals surface area contributed by atoms with Gasteiger partial charge in [-0.3, -0.25) is 0 Å². The Morgan fingerprint density at radius 3 is 2.22 bits per heavy atom. The summed E-state index contributed by atoms with van der Waals surface area (Å²) in [7, 11) is 0. The molecule has 18 heavy (non-hydrogen) atoms. The Balaban J connectivity index is 2.45. The molecule has 0 amide bonds. The van der Waals surface area contributed by atoms with Crippen molar-refractivity contribution in [1.82, 2.24) is 0 Å². The second-order valence-electron chi connectivity index (χ2n) is 4.56. The van der Waals surface area contributed by atoms with Gasteiger partial charge in [0.15, 0.2) is 5.75 Å². The minimum atomic E-state index is 0.326. The third-order valence-electron chi connectivity index (χ3n) is 2.85. The summed E-state index contributed by atoms with van der Waals surface area (Å²) in [5, 5.41) is 0. The van der Waals surface area contributed by atoms with E-state index < -0.39 is 0 Å². The maximum absolute atomic E-state index is 6.02. The van der Waals surface area contributed by atoms with Gasteiger partial charge in [0.25, 0.3) is 0 Å². The van der Waals surface area contributed by atoms with Crippen LogP contribution in [0.1, 0.15) is 25.3 Å². The van der Waals surface area contributed by atoms with E-state index in [1.807, 2.05) is 42.5 Å². The molecule has 0 radical (unpaired) electrons. The van der Waals surface area contributed by atoms with Gasteiger partial charge in [0.1, 0.15) is 5.75 Å². The van der Waals surface area contributed by atoms with E-state index in [1.54, 1.807) is 0 Å². The van der Waals surface area contributed by atoms with E-state index in [0.717, 1.165) is 11.3 Å². The van der Waals surface area contributed by atoms with Gasteiger partial charge in [-0.15, -0.1) is 0 Å². The molecule has 94 valence electrons. The zero-order chi connectivity index (χ0) is 13.1. The number of anilines is 2. The number of benzene rings is 2. The normalized spacial score (nSPS) is 10.6. The molecule has 0 heterocycles. The first-order chi connectivity index (χ1) is 8.59. The monoisotopic (exact) mass is 242 g/mol. The zero-order valence-electron chi connectivity index (χ0n) is 10.7. The Kier molecular flexibility index (Phi) is 3.42. The van der Waals surface area contributed by atoms with E-state index in [1.165, 1.54) is 0 Å². The molecule has 0 bridgehead atoms. The Morgan fingerprint density at radius 2 is 1.61 bits per heavy atom. The van der Waals surface area contributed by atoms with E-state index in [9.17, 15) is 0 Å². The molecule has 0 saturated heterocycles. The van der Waals surface area contributed by atoms with Crippen LogP contribution in [0.25, 0.3) is 0 Å². The summed E-state index contributed by atoms with van der Waals surface area (Å²) in [5.74, 6) is 1.75. The SMILES string of the molecule is CC(C)c1ccc(N)c(N)c1Oc1ccccc1. The fourth-order valence-electron chi connectivity index (χ4n) is 1.81. The molecular formula is C15H18N2O. The summed E-state index contributed by atoms with van der Waals surface area (Å²) in [5.41, 5.74) is 14.0. The Labute approximate surface area is 107 Å². The molecule has 0 unspecified atom stereocenters. The van der Waals surface area contributed by atoms with Crippen molar-refractivity contribution in [3.63, 3.8) is 0 Å². The summed E-state index contributed by atoms with van der Waals surface area (Å²) < 4.78 is 5.88. The Hall–Kier alpha value is -2.16. The van der Waals surface area contributed by atoms with Crippen molar-refractivity contribution >= 4 is 11.4 Å². The van der Waals surface area contributed by atoms with Gasteiger partial charge >= 0.3 is 0 Å². The van der Waals surface area contributed by atoms with Gasteiger partial charge in [-0.25, -0.2) is 0 Å². The van der Waals surface area contributed by atoms with Gasteiger partial charge in [-0.2, -0.15) is 0 Å². The van der Waals surface area contributed by atoms with Crippen LogP contribution >= 0.6 is 0 Å². The van der Waals surface area contributed by atoms with Gasteiger partial charge in [0.2, 0.25) is 0 Å². The molecule has 0 atom stereocenters. The molecule has 0 spiro atoms. The number of rotatable bonds is 3. The number of hydrogen-bond donors (Lipinski definition) is 2. The average molecular weight is 242 g/mol. The molecule has 2 rings (SSSR count). The zero-order valence-corrected chi connectivity index (χ0v) is 10.7. The van der Waals surface area contributed by atoms with E-state index in [-0.39, 0.29) is 0 Å². The molecule has 0 aliphatic carbocycles. The summed E-state index contributed by atoms with van der Waals surface area (Å²) in [6.07, 6.45) is 0. The molecule has 0 saturated carbocycles. The third-order valence-corrected chi connectivity index (χ3v) is 2.85. The minimum absolute atomic E-state index is 0.326. The standard InChI is InChI=1S/C15H18N2O/c1-10(2)12-8-9-13(16)14(17)15(12)18-11-6-4-3-5-7-11/h3-10H,16-17H2,1-2H3. The highest BCUT2D eigenvalue weighted by Crippen LogP contribution is 2.38. The highest BCUT2D eigenvalue weighted by atomic mass is 16.5. The first kappa shape index (κ1) is 12.3. The van der Waals surface area contributed by atoms with Crippen molar-refractivity contribution in [1.29, 1.82) is 0 Å². The fourth-order valence-corrected chi connectivity index (χ4v) is 1.81. The Bertz CT molecular complexity index is 536. The van der Waals surface area contributed by atoms with Gasteiger partial charge in [0.05, 0.1) is 11.4 Å². The van der Waals surface area contributed by atoms with Crippen molar-refractivity contribution < 1.29 is 4.74 Å². The molecule has 0 aliphatic heterocycles. The van der Waals surface area contributed by atoms with Gasteiger partial charge in [0, 0.05) is 0 Å². The maximum Gasteiger partial charge on any atom is 0.155 e. The molecule has 2 aromatic rings. The summed E-state index contributed by atoms with van der Waals surface area (Å²) in [6, 6.07) is 13.4. The fraction of sp³-hybridized carbons (Fsp3) is 0.200. The number of nitrogen functional groups attached to an aromatic ring is 2. The predicted molar refractivity (Wildman–Crippen MR) is 75.9 cm³/mol. The lowest BCUT2D eigenvalue weighted by atomic mass is 10.0. The maximum atomic E-state index is 6.02. The van der Waals surface area contributed by atoms with Crippen LogP contribution in [0.5, 0.6) is 11.5 Å². The van der Waals surface area contributed by atoms with Crippen molar-refractivity contribution in [2.24, 2.45) is 0 Å². The van der Waals surface area contributed by atoms with Crippen LogP contribution < -0.4 is 16.2 Å². The lowest BCUT2D eigenvalue weighted by molar-refractivity contribution is 0.476. The lowest BCUT2D eigenvalue weighted by Crippen LogP contribution is -2.02. The first-order valence-electron chi connectivity index (χ1n) is 6.00. The van der Waals surface area contributed by atoms with E-state index in [4.69, 9.17) is 16.2 Å². The molecule has 3 nitrogen and oxygen atoms in total. The summed E-state index contributed by atoms with van der Waals surface area (Å²) in [6.45, 7) is 4.20. The van der Waals surface area contributed by atoms with E-state index in [2.05, 4.69) is 13.8 Å². The van der Waals surface area contributed by atoms with Crippen molar-refractivity contribution in [2.45, 2.75) is 19.8 Å². The predicted octanol–water partition coefficient (Wildman–Crippen LogP) is 3.77.